The van der Waals surface area contributed by atoms with Gasteiger partial charge in [0.2, 0.25) is 5.91 Å². The molecule has 0 atom stereocenters. The molecule has 0 aliphatic carbocycles. The van der Waals surface area contributed by atoms with Crippen LogP contribution in [0.1, 0.15) is 18.4 Å². The molecule has 154 valence electrons. The van der Waals surface area contributed by atoms with Crippen LogP contribution in [-0.4, -0.2) is 18.4 Å². The van der Waals surface area contributed by atoms with Gasteiger partial charge in [-0.25, -0.2) is 8.78 Å². The summed E-state index contributed by atoms with van der Waals surface area (Å²) in [6, 6.07) is 8.09. The quantitative estimate of drug-likeness (QED) is 0.605. The van der Waals surface area contributed by atoms with Gasteiger partial charge < -0.3 is 15.4 Å². The van der Waals surface area contributed by atoms with Gasteiger partial charge in [-0.15, -0.1) is 0 Å². The van der Waals surface area contributed by atoms with E-state index in [1.54, 1.807) is 6.07 Å². The number of ether oxygens (including phenoxy) is 1. The Bertz CT molecular complexity index is 923. The first-order valence-corrected chi connectivity index (χ1v) is 9.26. The predicted molar refractivity (Wildman–Crippen MR) is 107 cm³/mol. The van der Waals surface area contributed by atoms with Crippen molar-refractivity contribution in [3.63, 3.8) is 0 Å². The molecule has 5 nitrogen and oxygen atoms in total. The Hall–Kier alpha value is -2.64. The van der Waals surface area contributed by atoms with Gasteiger partial charge in [0, 0.05) is 24.7 Å². The Morgan fingerprint density at radius 3 is 2.28 bits per heavy atom. The van der Waals surface area contributed by atoms with Crippen molar-refractivity contribution >= 4 is 35.0 Å². The summed E-state index contributed by atoms with van der Waals surface area (Å²) in [5.74, 6) is -1.84. The van der Waals surface area contributed by atoms with E-state index >= 15 is 0 Å². The fraction of sp³-hybridized carbons (Fsp3) is 0.200. The molecule has 0 radical (unpaired) electrons. The SMILES string of the molecule is C=C(CCC(=O)NCc1ccc(Cl)c(F)c1)NC(=O)COc1ccc(Cl)c(F)c1. The summed E-state index contributed by atoms with van der Waals surface area (Å²) >= 11 is 11.2. The van der Waals surface area contributed by atoms with Crippen molar-refractivity contribution in [2.75, 3.05) is 6.61 Å². The maximum absolute atomic E-state index is 13.4. The third-order valence-electron chi connectivity index (χ3n) is 3.70. The Kier molecular flexibility index (Phi) is 8.42. The van der Waals surface area contributed by atoms with E-state index in [1.165, 1.54) is 24.3 Å². The van der Waals surface area contributed by atoms with Gasteiger partial charge in [0.15, 0.2) is 6.61 Å². The summed E-state index contributed by atoms with van der Waals surface area (Å²) in [7, 11) is 0. The van der Waals surface area contributed by atoms with E-state index < -0.39 is 17.5 Å². The highest BCUT2D eigenvalue weighted by atomic mass is 35.5. The lowest BCUT2D eigenvalue weighted by atomic mass is 10.2. The van der Waals surface area contributed by atoms with Gasteiger partial charge in [-0.05, 0) is 36.2 Å². The summed E-state index contributed by atoms with van der Waals surface area (Å²) in [5, 5.41) is 5.10. The van der Waals surface area contributed by atoms with Crippen LogP contribution < -0.4 is 15.4 Å². The number of rotatable bonds is 9. The van der Waals surface area contributed by atoms with Crippen molar-refractivity contribution in [1.82, 2.24) is 10.6 Å². The molecule has 9 heteroatoms. The molecule has 0 bridgehead atoms. The normalized spacial score (nSPS) is 10.3. The van der Waals surface area contributed by atoms with Gasteiger partial charge in [0.05, 0.1) is 10.0 Å². The second kappa shape index (κ2) is 10.8. The average molecular weight is 443 g/mol. The number of carbonyl (C=O) groups is 2. The summed E-state index contributed by atoms with van der Waals surface area (Å²) in [5.41, 5.74) is 0.900. The molecule has 0 heterocycles. The van der Waals surface area contributed by atoms with E-state index in [0.717, 1.165) is 6.07 Å². The number of amides is 2. The topological polar surface area (TPSA) is 67.4 Å². The monoisotopic (exact) mass is 442 g/mol. The highest BCUT2D eigenvalue weighted by Gasteiger charge is 2.09. The van der Waals surface area contributed by atoms with E-state index in [2.05, 4.69) is 17.2 Å². The van der Waals surface area contributed by atoms with Crippen molar-refractivity contribution in [1.29, 1.82) is 0 Å². The summed E-state index contributed by atoms with van der Waals surface area (Å²) in [4.78, 5) is 23.7. The van der Waals surface area contributed by atoms with Gasteiger partial charge in [-0.2, -0.15) is 0 Å². The van der Waals surface area contributed by atoms with Crippen molar-refractivity contribution in [3.8, 4) is 5.75 Å². The first-order chi connectivity index (χ1) is 13.7. The minimum atomic E-state index is -0.652. The van der Waals surface area contributed by atoms with Gasteiger partial charge >= 0.3 is 0 Å². The Morgan fingerprint density at radius 2 is 1.62 bits per heavy atom. The molecule has 0 saturated heterocycles. The van der Waals surface area contributed by atoms with Crippen molar-refractivity contribution in [2.45, 2.75) is 19.4 Å². The molecule has 0 aliphatic rings. The highest BCUT2D eigenvalue weighted by molar-refractivity contribution is 6.31. The van der Waals surface area contributed by atoms with Gasteiger partial charge in [-0.1, -0.05) is 35.8 Å². The molecule has 0 spiro atoms. The Labute approximate surface area is 176 Å². The number of hydrogen-bond donors (Lipinski definition) is 2. The fourth-order valence-corrected chi connectivity index (χ4v) is 2.45. The first-order valence-electron chi connectivity index (χ1n) is 8.50. The lowest BCUT2D eigenvalue weighted by Gasteiger charge is -2.10. The molecule has 0 fully saturated rings. The molecule has 0 saturated carbocycles. The van der Waals surface area contributed by atoms with Gasteiger partial charge in [-0.3, -0.25) is 9.59 Å². The van der Waals surface area contributed by atoms with E-state index in [9.17, 15) is 18.4 Å². The Balaban J connectivity index is 1.67. The third kappa shape index (κ3) is 7.71. The van der Waals surface area contributed by atoms with Crippen LogP contribution in [0, 0.1) is 11.6 Å². The number of hydrogen-bond acceptors (Lipinski definition) is 3. The van der Waals surface area contributed by atoms with E-state index in [1.807, 2.05) is 0 Å². The van der Waals surface area contributed by atoms with Crippen molar-refractivity contribution < 1.29 is 23.1 Å². The number of nitrogens with one attached hydrogen (secondary N) is 2. The van der Waals surface area contributed by atoms with E-state index in [4.69, 9.17) is 27.9 Å². The standard InChI is InChI=1S/C20H18Cl2F2N2O3/c1-12(26-20(28)11-29-14-4-6-16(22)18(24)9-14)2-7-19(27)25-10-13-3-5-15(21)17(23)8-13/h3-6,8-9H,1-2,7,10-11H2,(H,25,27)(H,26,28). The second-order valence-corrected chi connectivity index (χ2v) is 6.86. The summed E-state index contributed by atoms with van der Waals surface area (Å²) in [6.45, 7) is 3.48. The van der Waals surface area contributed by atoms with Crippen LogP contribution in [0.4, 0.5) is 8.78 Å². The highest BCUT2D eigenvalue weighted by Crippen LogP contribution is 2.20. The Morgan fingerprint density at radius 1 is 0.966 bits per heavy atom. The molecule has 2 N–H and O–H groups in total. The number of benzene rings is 2. The van der Waals surface area contributed by atoms with Crippen LogP contribution in [0.5, 0.6) is 5.75 Å². The fourth-order valence-electron chi connectivity index (χ4n) is 2.21. The molecular formula is C20H18Cl2F2N2O3. The zero-order valence-corrected chi connectivity index (χ0v) is 16.7. The molecule has 2 aromatic rings. The van der Waals surface area contributed by atoms with Crippen LogP contribution in [0.25, 0.3) is 0 Å². The molecule has 0 unspecified atom stereocenters. The maximum Gasteiger partial charge on any atom is 0.262 e. The number of halogens is 4. The first kappa shape index (κ1) is 22.6. The zero-order valence-electron chi connectivity index (χ0n) is 15.2. The minimum Gasteiger partial charge on any atom is -0.484 e. The van der Waals surface area contributed by atoms with Gasteiger partial charge in [0.25, 0.3) is 5.91 Å². The zero-order chi connectivity index (χ0) is 21.4. The van der Waals surface area contributed by atoms with Crippen LogP contribution >= 0.6 is 23.2 Å². The lowest BCUT2D eigenvalue weighted by molar-refractivity contribution is -0.123. The van der Waals surface area contributed by atoms with Crippen LogP contribution in [-0.2, 0) is 16.1 Å². The summed E-state index contributed by atoms with van der Waals surface area (Å²) in [6.07, 6.45) is 0.292. The smallest absolute Gasteiger partial charge is 0.262 e. The van der Waals surface area contributed by atoms with Crippen molar-refractivity contribution in [3.05, 3.63) is 75.9 Å². The van der Waals surface area contributed by atoms with Gasteiger partial charge in [0.1, 0.15) is 17.4 Å². The van der Waals surface area contributed by atoms with Crippen LogP contribution in [0.15, 0.2) is 48.7 Å². The number of allylic oxidation sites excluding steroid dienone is 1. The average Bonchev–Trinajstić information content (AvgIpc) is 2.68. The maximum atomic E-state index is 13.4. The van der Waals surface area contributed by atoms with Crippen LogP contribution in [0.3, 0.4) is 0 Å². The number of carbonyl (C=O) groups excluding carboxylic acids is 2. The van der Waals surface area contributed by atoms with Crippen molar-refractivity contribution in [2.24, 2.45) is 0 Å². The minimum absolute atomic E-state index is 0.0114. The predicted octanol–water partition coefficient (Wildman–Crippen LogP) is 4.38. The second-order valence-electron chi connectivity index (χ2n) is 6.04. The molecule has 2 rings (SSSR count). The summed E-state index contributed by atoms with van der Waals surface area (Å²) < 4.78 is 31.8. The van der Waals surface area contributed by atoms with E-state index in [-0.39, 0.29) is 47.7 Å². The molecule has 2 amide bonds. The third-order valence-corrected chi connectivity index (χ3v) is 4.32. The largest absolute Gasteiger partial charge is 0.484 e. The van der Waals surface area contributed by atoms with E-state index in [0.29, 0.717) is 11.3 Å². The molecular weight excluding hydrogens is 425 g/mol. The lowest BCUT2D eigenvalue weighted by Crippen LogP contribution is -2.29. The molecule has 0 aromatic heterocycles. The van der Waals surface area contributed by atoms with Crippen LogP contribution in [0.2, 0.25) is 10.0 Å². The molecule has 0 aliphatic heterocycles. The molecule has 2 aromatic carbocycles. The molecule has 29 heavy (non-hydrogen) atoms.